The Morgan fingerprint density at radius 2 is 1.08 bits per heavy atom. The first-order valence-electron chi connectivity index (χ1n) is 21.2. The molecule has 0 saturated carbocycles. The average molecular weight is 744 g/mol. The van der Waals surface area contributed by atoms with Gasteiger partial charge in [0, 0.05) is 6.42 Å². The number of amides is 1. The molecule has 51 heavy (non-hydrogen) atoms. The highest BCUT2D eigenvalue weighted by Gasteiger charge is 2.27. The fraction of sp³-hybridized carbons (Fsp3) is 0.881. The lowest BCUT2D eigenvalue weighted by Gasteiger charge is -2.25. The molecule has 0 saturated heterocycles. The number of hydrogen-bond acceptors (Lipinski definition) is 5. The Kier molecular flexibility index (Phi) is 34.0. The maximum atomic E-state index is 12.8. The van der Waals surface area contributed by atoms with Gasteiger partial charge in [0.1, 0.15) is 13.2 Å². The number of nitrogens with zero attached hydrogens (tertiary/aromatic N) is 1. The molecule has 8 nitrogen and oxygen atoms in total. The van der Waals surface area contributed by atoms with Gasteiger partial charge in [0.05, 0.1) is 39.9 Å². The second-order valence-electron chi connectivity index (χ2n) is 15.7. The number of allylic oxidation sites excluding steroid dienone is 3. The van der Waals surface area contributed by atoms with Crippen LogP contribution in [0.25, 0.3) is 0 Å². The minimum absolute atomic E-state index is 0.0607. The number of aliphatic hydroxyl groups excluding tert-OH is 1. The average Bonchev–Trinajstić information content (AvgIpc) is 3.07. The number of unbranched alkanes of at least 4 members (excludes halogenated alkanes) is 23. The number of rotatable bonds is 38. The zero-order chi connectivity index (χ0) is 37.9. The van der Waals surface area contributed by atoms with E-state index in [0.29, 0.717) is 17.4 Å². The normalized spacial score (nSPS) is 14.7. The van der Waals surface area contributed by atoms with Crippen LogP contribution in [0.3, 0.4) is 0 Å². The summed E-state index contributed by atoms with van der Waals surface area (Å²) in [6.45, 7) is 4.76. The first kappa shape index (κ1) is 50.0. The smallest absolute Gasteiger partial charge is 0.387 e. The molecule has 0 aliphatic rings. The third-order valence-electron chi connectivity index (χ3n) is 9.42. The molecule has 0 aliphatic heterocycles. The number of carbonyl (C=O) groups excluding carboxylic acids is 1. The molecule has 302 valence electrons. The van der Waals surface area contributed by atoms with Crippen molar-refractivity contribution >= 4 is 13.7 Å². The van der Waals surface area contributed by atoms with Gasteiger partial charge < -0.3 is 19.8 Å². The van der Waals surface area contributed by atoms with Gasteiger partial charge in [-0.1, -0.05) is 167 Å². The van der Waals surface area contributed by atoms with Crippen molar-refractivity contribution in [2.45, 2.75) is 199 Å². The van der Waals surface area contributed by atoms with Gasteiger partial charge in [-0.15, -0.1) is 0 Å². The second-order valence-corrected chi connectivity index (χ2v) is 17.2. The van der Waals surface area contributed by atoms with Crippen LogP contribution in [0, 0.1) is 0 Å². The maximum absolute atomic E-state index is 12.8. The molecule has 0 aromatic rings. The van der Waals surface area contributed by atoms with Crippen molar-refractivity contribution in [2.24, 2.45) is 0 Å². The Labute approximate surface area is 315 Å². The Balaban J connectivity index is 4.43. The highest BCUT2D eigenvalue weighted by atomic mass is 31.2. The molecule has 3 unspecified atom stereocenters. The van der Waals surface area contributed by atoms with Gasteiger partial charge >= 0.3 is 7.82 Å². The van der Waals surface area contributed by atoms with E-state index in [1.54, 1.807) is 6.08 Å². The molecule has 3 N–H and O–H groups in total. The van der Waals surface area contributed by atoms with Crippen LogP contribution < -0.4 is 5.32 Å². The van der Waals surface area contributed by atoms with Gasteiger partial charge in [0.25, 0.3) is 0 Å². The molecule has 0 fully saturated rings. The van der Waals surface area contributed by atoms with Gasteiger partial charge in [-0.05, 0) is 38.5 Å². The zero-order valence-corrected chi connectivity index (χ0v) is 35.0. The Hall–Kier alpha value is -1.02. The van der Waals surface area contributed by atoms with Crippen molar-refractivity contribution in [3.8, 4) is 0 Å². The van der Waals surface area contributed by atoms with E-state index in [1.165, 1.54) is 116 Å². The van der Waals surface area contributed by atoms with Crippen LogP contribution in [-0.4, -0.2) is 73.4 Å². The summed E-state index contributed by atoms with van der Waals surface area (Å²) in [7, 11) is 1.57. The predicted molar refractivity (Wildman–Crippen MR) is 217 cm³/mol. The van der Waals surface area contributed by atoms with E-state index in [4.69, 9.17) is 9.05 Å². The van der Waals surface area contributed by atoms with Crippen LogP contribution in [0.4, 0.5) is 0 Å². The van der Waals surface area contributed by atoms with Crippen LogP contribution >= 0.6 is 7.82 Å². The summed E-state index contributed by atoms with van der Waals surface area (Å²) in [4.78, 5) is 23.0. The zero-order valence-electron chi connectivity index (χ0n) is 34.1. The summed E-state index contributed by atoms with van der Waals surface area (Å²) in [5.41, 5.74) is 0. The standard InChI is InChI=1S/C42H83N2O6P/c1-6-8-10-12-14-16-18-19-20-21-22-23-24-26-27-29-31-33-35-41(45)40(39-50-51(47,48)49-38-37-44(3,4)5)43-42(46)36-34-32-30-28-25-17-15-13-11-9-7-2/h13,15,33,35,40-41,45H,6-12,14,16-32,34,36-39H2,1-5H3,(H-,43,46,47,48)/p+1/b15-13-,35-33+. The van der Waals surface area contributed by atoms with E-state index in [0.717, 1.165) is 51.4 Å². The quantitative estimate of drug-likeness (QED) is 0.0252. The van der Waals surface area contributed by atoms with Gasteiger partial charge in [-0.25, -0.2) is 4.57 Å². The lowest BCUT2D eigenvalue weighted by Crippen LogP contribution is -2.45. The van der Waals surface area contributed by atoms with E-state index in [1.807, 2.05) is 27.2 Å². The number of phosphoric acid groups is 1. The van der Waals surface area contributed by atoms with Crippen LogP contribution in [0.1, 0.15) is 187 Å². The minimum atomic E-state index is -4.33. The number of quaternary nitrogens is 1. The SMILES string of the molecule is CCCC/C=C\CCCCCCCC(=O)NC(COP(=O)(O)OCC[N+](C)(C)C)C(O)/C=C/CCCCCCCCCCCCCCCCCC. The molecule has 0 aromatic carbocycles. The molecular formula is C42H84N2O6P+. The fourth-order valence-corrected chi connectivity index (χ4v) is 6.70. The summed E-state index contributed by atoms with van der Waals surface area (Å²) >= 11 is 0. The Morgan fingerprint density at radius 3 is 1.57 bits per heavy atom. The van der Waals surface area contributed by atoms with Crippen molar-refractivity contribution in [3.63, 3.8) is 0 Å². The molecular weight excluding hydrogens is 659 g/mol. The van der Waals surface area contributed by atoms with Gasteiger partial charge in [-0.2, -0.15) is 0 Å². The number of phosphoric ester groups is 1. The predicted octanol–water partition coefficient (Wildman–Crippen LogP) is 11.4. The summed E-state index contributed by atoms with van der Waals surface area (Å²) < 4.78 is 23.5. The van der Waals surface area contributed by atoms with E-state index in [-0.39, 0.29) is 19.1 Å². The molecule has 0 spiro atoms. The molecule has 0 heterocycles. The van der Waals surface area contributed by atoms with Crippen molar-refractivity contribution in [1.29, 1.82) is 0 Å². The van der Waals surface area contributed by atoms with E-state index in [2.05, 4.69) is 31.3 Å². The van der Waals surface area contributed by atoms with E-state index < -0.39 is 20.0 Å². The minimum Gasteiger partial charge on any atom is -0.387 e. The monoisotopic (exact) mass is 744 g/mol. The van der Waals surface area contributed by atoms with E-state index >= 15 is 0 Å². The van der Waals surface area contributed by atoms with Crippen LogP contribution in [0.15, 0.2) is 24.3 Å². The lowest BCUT2D eigenvalue weighted by atomic mass is 10.0. The van der Waals surface area contributed by atoms with Gasteiger partial charge in [0.2, 0.25) is 5.91 Å². The number of carbonyl (C=O) groups is 1. The lowest BCUT2D eigenvalue weighted by molar-refractivity contribution is -0.870. The molecule has 0 bridgehead atoms. The summed E-state index contributed by atoms with van der Waals surface area (Å²) in [5.74, 6) is -0.188. The van der Waals surface area contributed by atoms with Crippen molar-refractivity contribution < 1.29 is 32.9 Å². The fourth-order valence-electron chi connectivity index (χ4n) is 5.96. The Bertz CT molecular complexity index is 891. The third kappa shape index (κ3) is 37.1. The molecule has 0 rings (SSSR count). The highest BCUT2D eigenvalue weighted by molar-refractivity contribution is 7.47. The van der Waals surface area contributed by atoms with Crippen LogP contribution in [0.2, 0.25) is 0 Å². The van der Waals surface area contributed by atoms with Gasteiger partial charge in [-0.3, -0.25) is 13.8 Å². The topological polar surface area (TPSA) is 105 Å². The molecule has 0 radical (unpaired) electrons. The molecule has 3 atom stereocenters. The summed E-state index contributed by atoms with van der Waals surface area (Å²) in [6.07, 6.45) is 39.6. The Morgan fingerprint density at radius 1 is 0.647 bits per heavy atom. The summed E-state index contributed by atoms with van der Waals surface area (Å²) in [6, 6.07) is -0.846. The molecule has 0 aromatic heterocycles. The van der Waals surface area contributed by atoms with Crippen LogP contribution in [0.5, 0.6) is 0 Å². The number of aliphatic hydroxyl groups is 1. The van der Waals surface area contributed by atoms with Crippen molar-refractivity contribution in [1.82, 2.24) is 5.32 Å². The summed E-state index contributed by atoms with van der Waals surface area (Å²) in [5, 5.41) is 13.8. The number of likely N-dealkylation sites (N-methyl/N-ethyl adjacent to an activating group) is 1. The number of nitrogens with one attached hydrogen (secondary N) is 1. The largest absolute Gasteiger partial charge is 0.472 e. The molecule has 0 aliphatic carbocycles. The maximum Gasteiger partial charge on any atom is 0.472 e. The molecule has 9 heteroatoms. The van der Waals surface area contributed by atoms with E-state index in [9.17, 15) is 19.4 Å². The second kappa shape index (κ2) is 34.7. The number of hydrogen-bond donors (Lipinski definition) is 3. The molecule has 1 amide bonds. The first-order chi connectivity index (χ1) is 24.5. The van der Waals surface area contributed by atoms with Crippen molar-refractivity contribution in [3.05, 3.63) is 24.3 Å². The first-order valence-corrected chi connectivity index (χ1v) is 22.7. The van der Waals surface area contributed by atoms with Crippen molar-refractivity contribution in [2.75, 3.05) is 40.9 Å². The van der Waals surface area contributed by atoms with Gasteiger partial charge in [0.15, 0.2) is 0 Å². The van der Waals surface area contributed by atoms with Crippen LogP contribution in [-0.2, 0) is 18.4 Å². The third-order valence-corrected chi connectivity index (χ3v) is 10.4. The highest BCUT2D eigenvalue weighted by Crippen LogP contribution is 2.43.